The largest absolute Gasteiger partial charge is 0.756 e. The minimum absolute atomic E-state index is 0.0438. The number of phosphoric acid groups is 1. The molecule has 10 heteroatoms. The van der Waals surface area contributed by atoms with Crippen LogP contribution in [0.25, 0.3) is 0 Å². The van der Waals surface area contributed by atoms with Gasteiger partial charge in [-0.15, -0.1) is 0 Å². The van der Waals surface area contributed by atoms with Crippen molar-refractivity contribution < 1.29 is 42.1 Å². The van der Waals surface area contributed by atoms with E-state index in [1.165, 1.54) is 83.5 Å². The summed E-state index contributed by atoms with van der Waals surface area (Å²) in [5.41, 5.74) is 0. The first-order valence-corrected chi connectivity index (χ1v) is 22.3. The first kappa shape index (κ1) is 51.0. The van der Waals surface area contributed by atoms with Gasteiger partial charge in [0.1, 0.15) is 19.8 Å². The van der Waals surface area contributed by atoms with E-state index < -0.39 is 32.5 Å². The number of hydrogen-bond acceptors (Lipinski definition) is 8. The summed E-state index contributed by atoms with van der Waals surface area (Å²) in [6.07, 6.45) is 40.2. The van der Waals surface area contributed by atoms with Crippen molar-refractivity contribution in [3.05, 3.63) is 48.6 Å². The SMILES string of the molecule is CC/C=C\C/C=C\C/C=C\C/C=C\CCC(=O)OC(COC(=O)CCCCCCCCCCCCCCCCCC)COP(=O)([O-])OCC[N+](C)(C)C. The fourth-order valence-electron chi connectivity index (χ4n) is 5.37. The summed E-state index contributed by atoms with van der Waals surface area (Å²) in [6.45, 7) is 4.02. The molecule has 0 aromatic carbocycles. The van der Waals surface area contributed by atoms with Crippen molar-refractivity contribution in [2.45, 2.75) is 168 Å². The maximum Gasteiger partial charge on any atom is 0.306 e. The molecule has 0 aliphatic heterocycles. The lowest BCUT2D eigenvalue weighted by Crippen LogP contribution is -2.37. The van der Waals surface area contributed by atoms with E-state index in [1.807, 2.05) is 33.3 Å². The van der Waals surface area contributed by atoms with Crippen LogP contribution in [0, 0.1) is 0 Å². The van der Waals surface area contributed by atoms with Gasteiger partial charge in [-0.3, -0.25) is 14.2 Å². The zero-order valence-corrected chi connectivity index (χ0v) is 35.3. The Morgan fingerprint density at radius 2 is 1.08 bits per heavy atom. The van der Waals surface area contributed by atoms with E-state index in [4.69, 9.17) is 18.5 Å². The van der Waals surface area contributed by atoms with E-state index in [0.717, 1.165) is 44.9 Å². The van der Waals surface area contributed by atoms with Crippen LogP contribution in [0.2, 0.25) is 0 Å². The number of hydrogen-bond donors (Lipinski definition) is 0. The molecule has 0 saturated heterocycles. The lowest BCUT2D eigenvalue weighted by Gasteiger charge is -2.28. The molecule has 0 N–H and O–H groups in total. The average Bonchev–Trinajstić information content (AvgIpc) is 3.10. The molecule has 0 saturated carbocycles. The third-order valence-electron chi connectivity index (χ3n) is 8.63. The minimum atomic E-state index is -4.64. The van der Waals surface area contributed by atoms with E-state index >= 15 is 0 Å². The van der Waals surface area contributed by atoms with Crippen LogP contribution in [0.1, 0.15) is 162 Å². The van der Waals surface area contributed by atoms with E-state index in [9.17, 15) is 19.0 Å². The molecule has 0 bridgehead atoms. The lowest BCUT2D eigenvalue weighted by atomic mass is 10.0. The number of quaternary nitrogens is 1. The second-order valence-electron chi connectivity index (χ2n) is 15.0. The van der Waals surface area contributed by atoms with Crippen LogP contribution in [-0.2, 0) is 32.7 Å². The monoisotopic (exact) mass is 768 g/mol. The number of unbranched alkanes of at least 4 members (excludes halogenated alkanes) is 15. The van der Waals surface area contributed by atoms with Gasteiger partial charge in [-0.1, -0.05) is 159 Å². The molecule has 0 aliphatic rings. The summed E-state index contributed by atoms with van der Waals surface area (Å²) in [5, 5.41) is 0. The van der Waals surface area contributed by atoms with Gasteiger partial charge >= 0.3 is 11.9 Å². The number of esters is 2. The zero-order chi connectivity index (χ0) is 39.3. The van der Waals surface area contributed by atoms with E-state index in [2.05, 4.69) is 50.3 Å². The summed E-state index contributed by atoms with van der Waals surface area (Å²) in [5.74, 6) is -0.928. The quantitative estimate of drug-likeness (QED) is 0.0202. The zero-order valence-electron chi connectivity index (χ0n) is 34.4. The number of rotatable bonds is 37. The third-order valence-corrected chi connectivity index (χ3v) is 9.59. The van der Waals surface area contributed by atoms with Crippen molar-refractivity contribution in [3.63, 3.8) is 0 Å². The maximum absolute atomic E-state index is 12.6. The first-order valence-electron chi connectivity index (χ1n) is 20.8. The minimum Gasteiger partial charge on any atom is -0.756 e. The van der Waals surface area contributed by atoms with Crippen LogP contribution in [0.15, 0.2) is 48.6 Å². The second-order valence-corrected chi connectivity index (χ2v) is 16.4. The molecule has 0 aliphatic carbocycles. The molecular weight excluding hydrogens is 689 g/mol. The molecule has 2 atom stereocenters. The van der Waals surface area contributed by atoms with Gasteiger partial charge in [-0.25, -0.2) is 0 Å². The second kappa shape index (κ2) is 35.7. The van der Waals surface area contributed by atoms with Crippen molar-refractivity contribution >= 4 is 19.8 Å². The standard InChI is InChI=1S/C43H78NO8P/c1-6-8-10-12-14-16-18-20-21-22-24-25-27-29-31-33-35-42(45)49-39-41(40-51-53(47,48)50-38-37-44(3,4)5)52-43(46)36-34-32-30-28-26-23-19-17-15-13-11-9-7-2/h9,11,15,17,23,26,30,32,41H,6-8,10,12-14,16,18-22,24-25,27-29,31,33-40H2,1-5H3/b11-9-,17-15-,26-23-,32-30-. The Labute approximate surface area is 324 Å². The normalized spacial score (nSPS) is 14.2. The summed E-state index contributed by atoms with van der Waals surface area (Å²) >= 11 is 0. The summed E-state index contributed by atoms with van der Waals surface area (Å²) in [6, 6.07) is 0. The molecule has 0 radical (unpaired) electrons. The highest BCUT2D eigenvalue weighted by Gasteiger charge is 2.21. The summed E-state index contributed by atoms with van der Waals surface area (Å²) in [7, 11) is 1.12. The molecule has 0 amide bonds. The number of likely N-dealkylation sites (N-methyl/N-ethyl adjacent to an activating group) is 1. The van der Waals surface area contributed by atoms with Crippen molar-refractivity contribution in [1.82, 2.24) is 0 Å². The Kier molecular flexibility index (Phi) is 34.3. The van der Waals surface area contributed by atoms with E-state index in [-0.39, 0.29) is 26.1 Å². The number of phosphoric ester groups is 1. The highest BCUT2D eigenvalue weighted by atomic mass is 31.2. The molecule has 0 aromatic rings. The lowest BCUT2D eigenvalue weighted by molar-refractivity contribution is -0.870. The topological polar surface area (TPSA) is 111 Å². The molecule has 0 spiro atoms. The van der Waals surface area contributed by atoms with Crippen molar-refractivity contribution in [1.29, 1.82) is 0 Å². The van der Waals surface area contributed by atoms with Gasteiger partial charge in [-0.05, 0) is 38.5 Å². The molecular formula is C43H78NO8P. The van der Waals surface area contributed by atoms with Gasteiger partial charge in [-0.2, -0.15) is 0 Å². The van der Waals surface area contributed by atoms with Crippen molar-refractivity contribution in [3.8, 4) is 0 Å². The van der Waals surface area contributed by atoms with Crippen LogP contribution < -0.4 is 4.89 Å². The molecule has 0 fully saturated rings. The first-order chi connectivity index (χ1) is 25.5. The van der Waals surface area contributed by atoms with Crippen LogP contribution >= 0.6 is 7.82 Å². The van der Waals surface area contributed by atoms with Gasteiger partial charge in [0.25, 0.3) is 7.82 Å². The van der Waals surface area contributed by atoms with Crippen LogP contribution in [0.3, 0.4) is 0 Å². The predicted molar refractivity (Wildman–Crippen MR) is 217 cm³/mol. The highest BCUT2D eigenvalue weighted by Crippen LogP contribution is 2.38. The molecule has 308 valence electrons. The third kappa shape index (κ3) is 39.5. The number of allylic oxidation sites excluding steroid dienone is 8. The Morgan fingerprint density at radius 3 is 1.57 bits per heavy atom. The average molecular weight is 768 g/mol. The molecule has 9 nitrogen and oxygen atoms in total. The Hall–Kier alpha value is -2.03. The number of carbonyl (C=O) groups is 2. The van der Waals surface area contributed by atoms with E-state index in [0.29, 0.717) is 17.4 Å². The number of carbonyl (C=O) groups excluding carboxylic acids is 2. The van der Waals surface area contributed by atoms with Crippen LogP contribution in [0.5, 0.6) is 0 Å². The highest BCUT2D eigenvalue weighted by molar-refractivity contribution is 7.45. The van der Waals surface area contributed by atoms with Crippen molar-refractivity contribution in [2.75, 3.05) is 47.5 Å². The summed E-state index contributed by atoms with van der Waals surface area (Å²) in [4.78, 5) is 37.4. The number of ether oxygens (including phenoxy) is 2. The molecule has 53 heavy (non-hydrogen) atoms. The molecule has 0 heterocycles. The van der Waals surface area contributed by atoms with E-state index in [1.54, 1.807) is 0 Å². The van der Waals surface area contributed by atoms with Gasteiger partial charge in [0.2, 0.25) is 0 Å². The Morgan fingerprint density at radius 1 is 0.604 bits per heavy atom. The van der Waals surface area contributed by atoms with Crippen LogP contribution in [-0.4, -0.2) is 70.0 Å². The molecule has 2 unspecified atom stereocenters. The predicted octanol–water partition coefficient (Wildman–Crippen LogP) is 10.9. The van der Waals surface area contributed by atoms with Crippen molar-refractivity contribution in [2.24, 2.45) is 0 Å². The molecule has 0 rings (SSSR count). The Balaban J connectivity index is 4.45. The fourth-order valence-corrected chi connectivity index (χ4v) is 6.10. The Bertz CT molecular complexity index is 1050. The van der Waals surface area contributed by atoms with Gasteiger partial charge in [0.15, 0.2) is 6.10 Å². The van der Waals surface area contributed by atoms with Gasteiger partial charge < -0.3 is 27.9 Å². The maximum atomic E-state index is 12.6. The van der Waals surface area contributed by atoms with Gasteiger partial charge in [0.05, 0.1) is 27.7 Å². The van der Waals surface area contributed by atoms with Crippen LogP contribution in [0.4, 0.5) is 0 Å². The summed E-state index contributed by atoms with van der Waals surface area (Å²) < 4.78 is 33.7. The smallest absolute Gasteiger partial charge is 0.306 e. The fraction of sp³-hybridized carbons (Fsp3) is 0.767. The number of nitrogens with zero attached hydrogens (tertiary/aromatic N) is 1. The molecule has 0 aromatic heterocycles. The van der Waals surface area contributed by atoms with Gasteiger partial charge in [0, 0.05) is 12.8 Å².